The normalized spacial score (nSPS) is 20.4. The Morgan fingerprint density at radius 3 is 2.41 bits per heavy atom. The van der Waals surface area contributed by atoms with Gasteiger partial charge in [0.25, 0.3) is 0 Å². The van der Waals surface area contributed by atoms with Crippen LogP contribution in [0.3, 0.4) is 0 Å². The minimum atomic E-state index is -0.649. The van der Waals surface area contributed by atoms with Crippen molar-refractivity contribution < 1.29 is 14.3 Å². The molecule has 7 heteroatoms. The number of hydrogen-bond donors (Lipinski definition) is 1. The molecule has 2 N–H and O–H groups in total. The minimum Gasteiger partial charge on any atom is -0.454 e. The molecule has 2 aliphatic heterocycles. The second kappa shape index (κ2) is 8.89. The van der Waals surface area contributed by atoms with Gasteiger partial charge in [0, 0.05) is 17.7 Å². The Bertz CT molecular complexity index is 1580. The molecule has 7 nitrogen and oxygen atoms in total. The van der Waals surface area contributed by atoms with Gasteiger partial charge in [-0.2, -0.15) is 10.5 Å². The van der Waals surface area contributed by atoms with E-state index < -0.39 is 5.92 Å². The van der Waals surface area contributed by atoms with Crippen LogP contribution in [0.1, 0.15) is 41.4 Å². The Morgan fingerprint density at radius 1 is 0.865 bits per heavy atom. The monoisotopic (exact) mass is 486 g/mol. The van der Waals surface area contributed by atoms with Crippen LogP contribution in [0.5, 0.6) is 11.5 Å². The summed E-state index contributed by atoms with van der Waals surface area (Å²) in [6, 6.07) is 27.0. The van der Waals surface area contributed by atoms with Gasteiger partial charge in [0.1, 0.15) is 11.9 Å². The summed E-state index contributed by atoms with van der Waals surface area (Å²) in [6.45, 7) is 0.122. The van der Waals surface area contributed by atoms with E-state index in [0.29, 0.717) is 46.9 Å². The Kier molecular flexibility index (Phi) is 5.40. The molecule has 0 saturated carbocycles. The topological polar surface area (TPSA) is 112 Å². The molecule has 0 amide bonds. The van der Waals surface area contributed by atoms with Crippen molar-refractivity contribution in [1.82, 2.24) is 0 Å². The highest BCUT2D eigenvalue weighted by Gasteiger charge is 2.43. The molecule has 3 aliphatic rings. The van der Waals surface area contributed by atoms with Gasteiger partial charge in [0.05, 0.1) is 28.8 Å². The van der Waals surface area contributed by atoms with Crippen molar-refractivity contribution in [3.63, 3.8) is 0 Å². The Labute approximate surface area is 214 Å². The van der Waals surface area contributed by atoms with Crippen molar-refractivity contribution >= 4 is 11.5 Å². The Morgan fingerprint density at radius 2 is 1.62 bits per heavy atom. The second-order valence-corrected chi connectivity index (χ2v) is 9.22. The van der Waals surface area contributed by atoms with E-state index in [1.54, 1.807) is 29.2 Å². The van der Waals surface area contributed by atoms with Crippen LogP contribution in [0.25, 0.3) is 0 Å². The number of nitrogens with two attached hydrogens (primary N) is 1. The maximum absolute atomic E-state index is 14.0. The number of ether oxygens (including phenoxy) is 2. The predicted molar refractivity (Wildman–Crippen MR) is 136 cm³/mol. The molecule has 0 spiro atoms. The Balaban J connectivity index is 1.58. The van der Waals surface area contributed by atoms with Gasteiger partial charge in [0.2, 0.25) is 6.79 Å². The third kappa shape index (κ3) is 3.61. The molecule has 1 aliphatic carbocycles. The summed E-state index contributed by atoms with van der Waals surface area (Å²) in [5, 5.41) is 20.2. The Hall–Kier alpha value is -5.01. The van der Waals surface area contributed by atoms with E-state index in [1.807, 2.05) is 48.5 Å². The summed E-state index contributed by atoms with van der Waals surface area (Å²) in [4.78, 5) is 15.7. The SMILES string of the molecule is N#CC1=C(N)N(c2ccccc2C#N)C2=C(C(=O)C[C@H](c3ccccc3)C2)[C@@H]1c1ccc2c(c1)OCO2. The summed E-state index contributed by atoms with van der Waals surface area (Å²) in [6.07, 6.45) is 0.849. The van der Waals surface area contributed by atoms with E-state index in [4.69, 9.17) is 15.2 Å². The van der Waals surface area contributed by atoms with E-state index in [0.717, 1.165) is 11.1 Å². The molecule has 0 bridgehead atoms. The number of carbonyl (C=O) groups excluding carboxylic acids is 1. The molecule has 0 aromatic heterocycles. The number of nitrogens with zero attached hydrogens (tertiary/aromatic N) is 3. The van der Waals surface area contributed by atoms with Gasteiger partial charge in [0.15, 0.2) is 17.3 Å². The molecule has 0 saturated heterocycles. The molecule has 180 valence electrons. The highest BCUT2D eigenvalue weighted by atomic mass is 16.7. The van der Waals surface area contributed by atoms with E-state index in [-0.39, 0.29) is 29.9 Å². The van der Waals surface area contributed by atoms with Crippen molar-refractivity contribution in [3.8, 4) is 23.6 Å². The number of allylic oxidation sites excluding steroid dienone is 3. The number of carbonyl (C=O) groups is 1. The van der Waals surface area contributed by atoms with Crippen LogP contribution in [0, 0.1) is 22.7 Å². The quantitative estimate of drug-likeness (QED) is 0.555. The zero-order valence-corrected chi connectivity index (χ0v) is 19.8. The molecular formula is C30H22N4O3. The zero-order chi connectivity index (χ0) is 25.5. The van der Waals surface area contributed by atoms with Crippen LogP contribution in [0.15, 0.2) is 95.5 Å². The molecule has 37 heavy (non-hydrogen) atoms. The van der Waals surface area contributed by atoms with Gasteiger partial charge in [-0.05, 0) is 47.7 Å². The van der Waals surface area contributed by atoms with Gasteiger partial charge in [-0.15, -0.1) is 0 Å². The lowest BCUT2D eigenvalue weighted by Gasteiger charge is -2.41. The first-order valence-electron chi connectivity index (χ1n) is 12.0. The molecule has 2 atom stereocenters. The molecule has 0 fully saturated rings. The molecule has 3 aromatic rings. The lowest BCUT2D eigenvalue weighted by atomic mass is 9.71. The van der Waals surface area contributed by atoms with Crippen LogP contribution < -0.4 is 20.1 Å². The van der Waals surface area contributed by atoms with Crippen molar-refractivity contribution in [2.45, 2.75) is 24.7 Å². The van der Waals surface area contributed by atoms with Crippen molar-refractivity contribution in [1.29, 1.82) is 10.5 Å². The number of nitriles is 2. The van der Waals surface area contributed by atoms with E-state index in [2.05, 4.69) is 12.1 Å². The number of hydrogen-bond acceptors (Lipinski definition) is 7. The van der Waals surface area contributed by atoms with Crippen LogP contribution >= 0.6 is 0 Å². The molecule has 0 radical (unpaired) electrons. The number of benzene rings is 3. The highest BCUT2D eigenvalue weighted by molar-refractivity contribution is 6.02. The van der Waals surface area contributed by atoms with Gasteiger partial charge in [-0.25, -0.2) is 0 Å². The van der Waals surface area contributed by atoms with Crippen LogP contribution in [-0.4, -0.2) is 12.6 Å². The van der Waals surface area contributed by atoms with Gasteiger partial charge < -0.3 is 15.2 Å². The minimum absolute atomic E-state index is 0.0440. The number of Topliss-reactive ketones (excluding diaryl/α,β-unsaturated/α-hetero) is 1. The van der Waals surface area contributed by atoms with E-state index >= 15 is 0 Å². The fraction of sp³-hybridized carbons (Fsp3) is 0.167. The van der Waals surface area contributed by atoms with Crippen molar-refractivity contribution in [3.05, 3.63) is 112 Å². The fourth-order valence-corrected chi connectivity index (χ4v) is 5.55. The smallest absolute Gasteiger partial charge is 0.231 e. The lowest BCUT2D eigenvalue weighted by molar-refractivity contribution is -0.116. The molecule has 2 heterocycles. The first kappa shape index (κ1) is 22.5. The summed E-state index contributed by atoms with van der Waals surface area (Å²) >= 11 is 0. The third-order valence-electron chi connectivity index (χ3n) is 7.23. The lowest BCUT2D eigenvalue weighted by Crippen LogP contribution is -2.40. The van der Waals surface area contributed by atoms with Gasteiger partial charge in [-0.1, -0.05) is 48.5 Å². The standard InChI is InChI=1S/C30H22N4O3/c31-15-20-8-4-5-9-23(20)34-24-12-21(18-6-2-1-3-7-18)13-25(35)29(24)28(22(16-32)30(34)33)19-10-11-26-27(14-19)37-17-36-26/h1-11,14,21,28H,12-13,17,33H2/t21-,28-/m1/s1. The van der Waals surface area contributed by atoms with Gasteiger partial charge in [-0.3, -0.25) is 9.69 Å². The van der Waals surface area contributed by atoms with E-state index in [9.17, 15) is 15.3 Å². The molecule has 6 rings (SSSR count). The van der Waals surface area contributed by atoms with Crippen LogP contribution in [0.4, 0.5) is 5.69 Å². The van der Waals surface area contributed by atoms with Gasteiger partial charge >= 0.3 is 0 Å². The number of rotatable bonds is 3. The predicted octanol–water partition coefficient (Wildman–Crippen LogP) is 4.99. The molecular weight excluding hydrogens is 464 g/mol. The number of fused-ring (bicyclic) bond motifs is 1. The first-order chi connectivity index (χ1) is 18.1. The van der Waals surface area contributed by atoms with Crippen LogP contribution in [-0.2, 0) is 4.79 Å². The maximum atomic E-state index is 14.0. The molecule has 0 unspecified atom stereocenters. The van der Waals surface area contributed by atoms with Crippen molar-refractivity contribution in [2.75, 3.05) is 11.7 Å². The zero-order valence-electron chi connectivity index (χ0n) is 19.8. The third-order valence-corrected chi connectivity index (χ3v) is 7.23. The average Bonchev–Trinajstić information content (AvgIpc) is 3.41. The summed E-state index contributed by atoms with van der Waals surface area (Å²) < 4.78 is 11.0. The fourth-order valence-electron chi connectivity index (χ4n) is 5.55. The van der Waals surface area contributed by atoms with Crippen LogP contribution in [0.2, 0.25) is 0 Å². The summed E-state index contributed by atoms with van der Waals surface area (Å²) in [5.41, 5.74) is 11.0. The average molecular weight is 487 g/mol. The number of ketones is 1. The highest BCUT2D eigenvalue weighted by Crippen LogP contribution is 2.50. The first-order valence-corrected chi connectivity index (χ1v) is 12.0. The second-order valence-electron chi connectivity index (χ2n) is 9.22. The maximum Gasteiger partial charge on any atom is 0.231 e. The number of para-hydroxylation sites is 1. The number of anilines is 1. The van der Waals surface area contributed by atoms with E-state index in [1.165, 1.54) is 0 Å². The van der Waals surface area contributed by atoms with Crippen molar-refractivity contribution in [2.24, 2.45) is 5.73 Å². The largest absolute Gasteiger partial charge is 0.454 e. The molecule has 3 aromatic carbocycles. The summed E-state index contributed by atoms with van der Waals surface area (Å²) in [5.74, 6) is 0.652. The summed E-state index contributed by atoms with van der Waals surface area (Å²) in [7, 11) is 0.